The summed E-state index contributed by atoms with van der Waals surface area (Å²) in [6, 6.07) is 10.1. The molecule has 0 atom stereocenters. The minimum Gasteiger partial charge on any atom is -0.496 e. The second kappa shape index (κ2) is 7.65. The Morgan fingerprint density at radius 1 is 1.15 bits per heavy atom. The van der Waals surface area contributed by atoms with Gasteiger partial charge in [0.2, 0.25) is 0 Å². The Balaban J connectivity index is 2.42. The van der Waals surface area contributed by atoms with Crippen LogP contribution in [0.15, 0.2) is 42.5 Å². The molecule has 2 rings (SSSR count). The minimum atomic E-state index is -5.57. The van der Waals surface area contributed by atoms with Crippen LogP contribution in [0.5, 0.6) is 5.75 Å². The Hall–Kier alpha value is -2.10. The predicted octanol–water partition coefficient (Wildman–Crippen LogP) is 3.52. The summed E-state index contributed by atoms with van der Waals surface area (Å²) in [7, 11) is -4.31. The van der Waals surface area contributed by atoms with Crippen LogP contribution >= 0.6 is 11.6 Å². The van der Waals surface area contributed by atoms with Crippen LogP contribution in [0.2, 0.25) is 5.02 Å². The van der Waals surface area contributed by atoms with Gasteiger partial charge in [-0.25, -0.2) is 13.1 Å². The Morgan fingerprint density at radius 2 is 1.77 bits per heavy atom. The normalized spacial score (nSPS) is 12.0. The van der Waals surface area contributed by atoms with Gasteiger partial charge in [0, 0.05) is 28.3 Å². The molecule has 0 saturated carbocycles. The minimum absolute atomic E-state index is 0.0107. The van der Waals surface area contributed by atoms with E-state index in [0.29, 0.717) is 5.02 Å². The summed E-state index contributed by atoms with van der Waals surface area (Å²) in [5.41, 5.74) is -5.23. The van der Waals surface area contributed by atoms with Gasteiger partial charge in [-0.05, 0) is 30.3 Å². The van der Waals surface area contributed by atoms with Crippen molar-refractivity contribution < 1.29 is 31.1 Å². The molecule has 0 unspecified atom stereocenters. The van der Waals surface area contributed by atoms with Crippen molar-refractivity contribution in [1.82, 2.24) is 4.72 Å². The van der Waals surface area contributed by atoms with Crippen molar-refractivity contribution in [1.29, 1.82) is 0 Å². The van der Waals surface area contributed by atoms with Crippen LogP contribution in [0.25, 0.3) is 0 Å². The van der Waals surface area contributed by atoms with Crippen molar-refractivity contribution in [3.63, 3.8) is 0 Å². The maximum absolute atomic E-state index is 12.7. The highest BCUT2D eigenvalue weighted by Gasteiger charge is 2.45. The second-order valence-corrected chi connectivity index (χ2v) is 7.29. The molecule has 0 aliphatic heterocycles. The molecular weight excluding hydrogens is 395 g/mol. The summed E-state index contributed by atoms with van der Waals surface area (Å²) >= 11 is 5.77. The van der Waals surface area contributed by atoms with Crippen LogP contribution < -0.4 is 9.46 Å². The lowest BCUT2D eigenvalue weighted by atomic mass is 9.97. The monoisotopic (exact) mass is 407 g/mol. The lowest BCUT2D eigenvalue weighted by molar-refractivity contribution is -0.0448. The van der Waals surface area contributed by atoms with E-state index in [2.05, 4.69) is 0 Å². The van der Waals surface area contributed by atoms with Crippen molar-refractivity contribution >= 4 is 27.4 Å². The molecule has 1 N–H and O–H groups in total. The fourth-order valence-corrected chi connectivity index (χ4v) is 2.78. The third-order valence-electron chi connectivity index (χ3n) is 3.45. The van der Waals surface area contributed by atoms with E-state index in [-0.39, 0.29) is 22.4 Å². The van der Waals surface area contributed by atoms with E-state index in [1.807, 2.05) is 0 Å². The van der Waals surface area contributed by atoms with Crippen molar-refractivity contribution in [2.24, 2.45) is 0 Å². The molecule has 2 aromatic rings. The fraction of sp³-hybridized carbons (Fsp3) is 0.188. The predicted molar refractivity (Wildman–Crippen MR) is 89.7 cm³/mol. The van der Waals surface area contributed by atoms with Gasteiger partial charge in [-0.15, -0.1) is 0 Å². The molecule has 2 aromatic carbocycles. The first-order chi connectivity index (χ1) is 12.1. The molecule has 0 aliphatic carbocycles. The Bertz CT molecular complexity index is 912. The summed E-state index contributed by atoms with van der Waals surface area (Å²) in [6.45, 7) is -0.763. The van der Waals surface area contributed by atoms with Gasteiger partial charge in [-0.2, -0.15) is 13.2 Å². The summed E-state index contributed by atoms with van der Waals surface area (Å²) in [6.07, 6.45) is 0. The summed E-state index contributed by atoms with van der Waals surface area (Å²) in [4.78, 5) is 12.7. The van der Waals surface area contributed by atoms with Crippen LogP contribution in [-0.2, 0) is 16.6 Å². The first kappa shape index (κ1) is 20.2. The van der Waals surface area contributed by atoms with E-state index in [4.69, 9.17) is 16.3 Å². The highest BCUT2D eigenvalue weighted by Crippen LogP contribution is 2.27. The molecule has 0 fully saturated rings. The number of methoxy groups -OCH3 is 1. The molecule has 0 bridgehead atoms. The summed E-state index contributed by atoms with van der Waals surface area (Å²) < 4.78 is 66.5. The second-order valence-electron chi connectivity index (χ2n) is 5.09. The molecule has 5 nitrogen and oxygen atoms in total. The number of nitrogens with one attached hydrogen (secondary N) is 1. The molecule has 10 heteroatoms. The Morgan fingerprint density at radius 3 is 2.31 bits per heavy atom. The molecule has 0 amide bonds. The van der Waals surface area contributed by atoms with Gasteiger partial charge in [-0.3, -0.25) is 4.79 Å². The highest BCUT2D eigenvalue weighted by atomic mass is 35.5. The quantitative estimate of drug-likeness (QED) is 0.744. The maximum Gasteiger partial charge on any atom is 0.511 e. The first-order valence-electron chi connectivity index (χ1n) is 7.09. The number of carbonyl (C=O) groups is 1. The molecule has 26 heavy (non-hydrogen) atoms. The van der Waals surface area contributed by atoms with E-state index in [1.165, 1.54) is 54.3 Å². The van der Waals surface area contributed by atoms with Gasteiger partial charge in [-0.1, -0.05) is 23.7 Å². The maximum atomic E-state index is 12.7. The van der Waals surface area contributed by atoms with E-state index in [9.17, 15) is 26.4 Å². The third kappa shape index (κ3) is 4.35. The SMILES string of the molecule is COc1cccc(C(=O)c2ccc(Cl)cc2)c1CNS(=O)(=O)C(F)(F)F. The number of hydrogen-bond acceptors (Lipinski definition) is 4. The first-order valence-corrected chi connectivity index (χ1v) is 8.95. The average molecular weight is 408 g/mol. The van der Waals surface area contributed by atoms with Gasteiger partial charge >= 0.3 is 15.5 Å². The van der Waals surface area contributed by atoms with Crippen molar-refractivity contribution in [3.05, 3.63) is 64.2 Å². The number of halogens is 4. The summed E-state index contributed by atoms with van der Waals surface area (Å²) in [5, 5.41) is 0.408. The Kier molecular flexibility index (Phi) is 5.94. The average Bonchev–Trinajstić information content (AvgIpc) is 2.58. The number of benzene rings is 2. The zero-order valence-electron chi connectivity index (χ0n) is 13.3. The van der Waals surface area contributed by atoms with E-state index >= 15 is 0 Å². The summed E-state index contributed by atoms with van der Waals surface area (Å²) in [5.74, 6) is -0.434. The molecule has 0 spiro atoms. The van der Waals surface area contributed by atoms with E-state index in [0.717, 1.165) is 0 Å². The number of ketones is 1. The van der Waals surface area contributed by atoms with E-state index < -0.39 is 27.9 Å². The van der Waals surface area contributed by atoms with Crippen molar-refractivity contribution in [3.8, 4) is 5.75 Å². The fourth-order valence-electron chi connectivity index (χ4n) is 2.16. The number of carbonyl (C=O) groups excluding carboxylic acids is 1. The number of sulfonamides is 1. The standard InChI is InChI=1S/C16H13ClF3NO4S/c1-25-14-4-2-3-12(15(22)10-5-7-11(17)8-6-10)13(14)9-21-26(23,24)16(18,19)20/h2-8,21H,9H2,1H3. The molecular formula is C16H13ClF3NO4S. The largest absolute Gasteiger partial charge is 0.511 e. The van der Waals surface area contributed by atoms with Crippen LogP contribution in [0.4, 0.5) is 13.2 Å². The number of ether oxygens (including phenoxy) is 1. The molecule has 140 valence electrons. The Labute approximate surface area is 152 Å². The van der Waals surface area contributed by atoms with Crippen LogP contribution in [0.3, 0.4) is 0 Å². The lowest BCUT2D eigenvalue weighted by Crippen LogP contribution is -2.36. The molecule has 0 radical (unpaired) electrons. The lowest BCUT2D eigenvalue weighted by Gasteiger charge is -2.15. The van der Waals surface area contributed by atoms with Crippen molar-refractivity contribution in [2.45, 2.75) is 12.1 Å². The van der Waals surface area contributed by atoms with Gasteiger partial charge in [0.05, 0.1) is 7.11 Å². The van der Waals surface area contributed by atoms with Gasteiger partial charge in [0.1, 0.15) is 5.75 Å². The van der Waals surface area contributed by atoms with Crippen LogP contribution in [0.1, 0.15) is 21.5 Å². The highest BCUT2D eigenvalue weighted by molar-refractivity contribution is 7.90. The third-order valence-corrected chi connectivity index (χ3v) is 4.83. The number of alkyl halides is 3. The molecule has 0 aromatic heterocycles. The molecule has 0 aliphatic rings. The van der Waals surface area contributed by atoms with Gasteiger partial charge in [0.15, 0.2) is 5.78 Å². The van der Waals surface area contributed by atoms with Crippen LogP contribution in [0, 0.1) is 0 Å². The number of hydrogen-bond donors (Lipinski definition) is 1. The molecule has 0 saturated heterocycles. The van der Waals surface area contributed by atoms with E-state index in [1.54, 1.807) is 0 Å². The zero-order chi connectivity index (χ0) is 19.5. The van der Waals surface area contributed by atoms with Gasteiger partial charge < -0.3 is 4.74 Å². The van der Waals surface area contributed by atoms with Crippen molar-refractivity contribution in [2.75, 3.05) is 7.11 Å². The van der Waals surface area contributed by atoms with Gasteiger partial charge in [0.25, 0.3) is 0 Å². The molecule has 0 heterocycles. The topological polar surface area (TPSA) is 72.5 Å². The zero-order valence-corrected chi connectivity index (χ0v) is 14.9. The van der Waals surface area contributed by atoms with Crippen LogP contribution in [-0.4, -0.2) is 26.8 Å². The smallest absolute Gasteiger partial charge is 0.496 e. The number of rotatable bonds is 6.